The number of ether oxygens (including phenoxy) is 2. The Morgan fingerprint density at radius 1 is 0.950 bits per heavy atom. The van der Waals surface area contributed by atoms with Gasteiger partial charge in [0.15, 0.2) is 0 Å². The zero-order valence-corrected chi connectivity index (χ0v) is 13.2. The average molecular weight is 279 g/mol. The second kappa shape index (κ2) is 10.8. The first-order valence-corrected chi connectivity index (χ1v) is 7.66. The average Bonchev–Trinajstić information content (AvgIpc) is 2.44. The summed E-state index contributed by atoms with van der Waals surface area (Å²) in [4.78, 5) is 0. The van der Waals surface area contributed by atoms with Crippen LogP contribution in [-0.2, 0) is 22.6 Å². The van der Waals surface area contributed by atoms with Crippen LogP contribution >= 0.6 is 0 Å². The summed E-state index contributed by atoms with van der Waals surface area (Å²) >= 11 is 0. The van der Waals surface area contributed by atoms with Crippen molar-refractivity contribution in [1.29, 1.82) is 0 Å². The number of rotatable bonds is 11. The summed E-state index contributed by atoms with van der Waals surface area (Å²) < 4.78 is 10.9. The normalized spacial score (nSPS) is 11.2. The molecule has 0 saturated carbocycles. The van der Waals surface area contributed by atoms with Crippen molar-refractivity contribution in [1.82, 2.24) is 5.32 Å². The summed E-state index contributed by atoms with van der Waals surface area (Å²) in [6.07, 6.45) is 1.06. The molecule has 0 saturated heterocycles. The third-order valence-electron chi connectivity index (χ3n) is 2.89. The SMILES string of the molecule is CCCOCCOCc1ccc(CNCC(C)C)cc1. The van der Waals surface area contributed by atoms with Crippen molar-refractivity contribution in [2.75, 3.05) is 26.4 Å². The Kier molecular flexibility index (Phi) is 9.29. The third kappa shape index (κ3) is 8.31. The minimum atomic E-state index is 0.662. The largest absolute Gasteiger partial charge is 0.379 e. The Morgan fingerprint density at radius 3 is 2.25 bits per heavy atom. The fourth-order valence-electron chi connectivity index (χ4n) is 1.81. The molecule has 1 aromatic rings. The molecule has 0 fully saturated rings. The molecule has 3 heteroatoms. The van der Waals surface area contributed by atoms with Gasteiger partial charge in [-0.3, -0.25) is 0 Å². The van der Waals surface area contributed by atoms with E-state index in [-0.39, 0.29) is 0 Å². The Hall–Kier alpha value is -0.900. The van der Waals surface area contributed by atoms with Gasteiger partial charge in [0.1, 0.15) is 0 Å². The molecule has 1 rings (SSSR count). The third-order valence-corrected chi connectivity index (χ3v) is 2.89. The van der Waals surface area contributed by atoms with Gasteiger partial charge in [0.25, 0.3) is 0 Å². The van der Waals surface area contributed by atoms with Crippen LogP contribution in [0.1, 0.15) is 38.3 Å². The van der Waals surface area contributed by atoms with E-state index in [4.69, 9.17) is 9.47 Å². The lowest BCUT2D eigenvalue weighted by Gasteiger charge is -2.09. The van der Waals surface area contributed by atoms with Crippen molar-refractivity contribution < 1.29 is 9.47 Å². The lowest BCUT2D eigenvalue weighted by atomic mass is 10.1. The molecule has 1 aromatic carbocycles. The molecule has 0 unspecified atom stereocenters. The fourth-order valence-corrected chi connectivity index (χ4v) is 1.81. The van der Waals surface area contributed by atoms with E-state index in [1.807, 2.05) is 0 Å². The van der Waals surface area contributed by atoms with Crippen LogP contribution in [0, 0.1) is 5.92 Å². The molecule has 1 N–H and O–H groups in total. The zero-order chi connectivity index (χ0) is 14.6. The van der Waals surface area contributed by atoms with E-state index in [1.54, 1.807) is 0 Å². The van der Waals surface area contributed by atoms with Crippen LogP contribution in [0.4, 0.5) is 0 Å². The molecule has 0 atom stereocenters. The van der Waals surface area contributed by atoms with E-state index in [9.17, 15) is 0 Å². The van der Waals surface area contributed by atoms with E-state index >= 15 is 0 Å². The summed E-state index contributed by atoms with van der Waals surface area (Å²) in [5.74, 6) is 0.692. The predicted molar refractivity (Wildman–Crippen MR) is 83.8 cm³/mol. The molecule has 0 amide bonds. The predicted octanol–water partition coefficient (Wildman–Crippen LogP) is 3.38. The molecular formula is C17H29NO2. The summed E-state index contributed by atoms with van der Waals surface area (Å²) in [5.41, 5.74) is 2.54. The smallest absolute Gasteiger partial charge is 0.0718 e. The molecule has 20 heavy (non-hydrogen) atoms. The highest BCUT2D eigenvalue weighted by atomic mass is 16.5. The molecule has 0 aliphatic rings. The Morgan fingerprint density at radius 2 is 1.60 bits per heavy atom. The lowest BCUT2D eigenvalue weighted by molar-refractivity contribution is 0.0408. The first-order chi connectivity index (χ1) is 9.72. The van der Waals surface area contributed by atoms with Crippen molar-refractivity contribution >= 4 is 0 Å². The maximum Gasteiger partial charge on any atom is 0.0718 e. The van der Waals surface area contributed by atoms with Crippen LogP contribution in [0.5, 0.6) is 0 Å². The van der Waals surface area contributed by atoms with E-state index in [0.717, 1.165) is 26.1 Å². The first kappa shape index (κ1) is 17.2. The lowest BCUT2D eigenvalue weighted by Crippen LogP contribution is -2.18. The van der Waals surface area contributed by atoms with E-state index in [0.29, 0.717) is 25.7 Å². The van der Waals surface area contributed by atoms with Gasteiger partial charge in [-0.05, 0) is 30.0 Å². The van der Waals surface area contributed by atoms with Crippen molar-refractivity contribution in [3.63, 3.8) is 0 Å². The van der Waals surface area contributed by atoms with Gasteiger partial charge in [-0.1, -0.05) is 45.0 Å². The number of benzene rings is 1. The highest BCUT2D eigenvalue weighted by Gasteiger charge is 1.97. The van der Waals surface area contributed by atoms with Crippen molar-refractivity contribution in [3.8, 4) is 0 Å². The van der Waals surface area contributed by atoms with Gasteiger partial charge in [-0.15, -0.1) is 0 Å². The highest BCUT2D eigenvalue weighted by molar-refractivity contribution is 5.21. The molecule has 0 aromatic heterocycles. The molecule has 0 aliphatic carbocycles. The van der Waals surface area contributed by atoms with Gasteiger partial charge in [-0.25, -0.2) is 0 Å². The molecular weight excluding hydrogens is 250 g/mol. The summed E-state index contributed by atoms with van der Waals surface area (Å²) in [6.45, 7) is 11.4. The standard InChI is InChI=1S/C17H29NO2/c1-4-9-19-10-11-20-14-17-7-5-16(6-8-17)13-18-12-15(2)3/h5-8,15,18H,4,9-14H2,1-3H3. The van der Waals surface area contributed by atoms with Crippen LogP contribution in [0.25, 0.3) is 0 Å². The van der Waals surface area contributed by atoms with E-state index in [2.05, 4.69) is 50.4 Å². The number of nitrogens with one attached hydrogen (secondary N) is 1. The Labute approximate surface area is 123 Å². The summed E-state index contributed by atoms with van der Waals surface area (Å²) in [5, 5.41) is 3.44. The van der Waals surface area contributed by atoms with Gasteiger partial charge in [-0.2, -0.15) is 0 Å². The van der Waals surface area contributed by atoms with E-state index < -0.39 is 0 Å². The van der Waals surface area contributed by atoms with Crippen LogP contribution < -0.4 is 5.32 Å². The van der Waals surface area contributed by atoms with Crippen LogP contribution in [-0.4, -0.2) is 26.4 Å². The van der Waals surface area contributed by atoms with Gasteiger partial charge in [0.2, 0.25) is 0 Å². The van der Waals surface area contributed by atoms with Crippen molar-refractivity contribution in [2.45, 2.75) is 40.3 Å². The van der Waals surface area contributed by atoms with Crippen LogP contribution in [0.3, 0.4) is 0 Å². The van der Waals surface area contributed by atoms with E-state index in [1.165, 1.54) is 11.1 Å². The van der Waals surface area contributed by atoms with Crippen LogP contribution in [0.2, 0.25) is 0 Å². The van der Waals surface area contributed by atoms with Gasteiger partial charge >= 0.3 is 0 Å². The van der Waals surface area contributed by atoms with Gasteiger partial charge < -0.3 is 14.8 Å². The second-order valence-corrected chi connectivity index (χ2v) is 5.51. The maximum absolute atomic E-state index is 5.58. The summed E-state index contributed by atoms with van der Waals surface area (Å²) in [7, 11) is 0. The summed E-state index contributed by atoms with van der Waals surface area (Å²) in [6, 6.07) is 8.61. The Balaban J connectivity index is 2.15. The minimum absolute atomic E-state index is 0.662. The maximum atomic E-state index is 5.58. The first-order valence-electron chi connectivity index (χ1n) is 7.66. The quantitative estimate of drug-likeness (QED) is 0.630. The van der Waals surface area contributed by atoms with Crippen LogP contribution in [0.15, 0.2) is 24.3 Å². The number of hydrogen-bond acceptors (Lipinski definition) is 3. The van der Waals surface area contributed by atoms with Crippen molar-refractivity contribution in [3.05, 3.63) is 35.4 Å². The molecule has 114 valence electrons. The molecule has 0 radical (unpaired) electrons. The molecule has 0 heterocycles. The van der Waals surface area contributed by atoms with Gasteiger partial charge in [0, 0.05) is 13.2 Å². The zero-order valence-electron chi connectivity index (χ0n) is 13.2. The topological polar surface area (TPSA) is 30.5 Å². The Bertz CT molecular complexity index is 335. The molecule has 0 aliphatic heterocycles. The second-order valence-electron chi connectivity index (χ2n) is 5.51. The molecule has 0 spiro atoms. The minimum Gasteiger partial charge on any atom is -0.379 e. The molecule has 0 bridgehead atoms. The van der Waals surface area contributed by atoms with Crippen molar-refractivity contribution in [2.24, 2.45) is 5.92 Å². The molecule has 3 nitrogen and oxygen atoms in total. The number of hydrogen-bond donors (Lipinski definition) is 1. The fraction of sp³-hybridized carbons (Fsp3) is 0.647. The van der Waals surface area contributed by atoms with Gasteiger partial charge in [0.05, 0.1) is 19.8 Å². The highest BCUT2D eigenvalue weighted by Crippen LogP contribution is 2.06. The monoisotopic (exact) mass is 279 g/mol.